The highest BCUT2D eigenvalue weighted by atomic mass is 19.1. The zero-order chi connectivity index (χ0) is 29.1. The number of carbonyl (C=O) groups excluding carboxylic acids is 2. The highest BCUT2D eigenvalue weighted by Gasteiger charge is 2.36. The summed E-state index contributed by atoms with van der Waals surface area (Å²) in [4.78, 5) is 45.3. The lowest BCUT2D eigenvalue weighted by molar-refractivity contribution is -0.106. The lowest BCUT2D eigenvalue weighted by Gasteiger charge is -2.34. The minimum absolute atomic E-state index is 0.0799. The average molecular weight is 548 g/mol. The van der Waals surface area contributed by atoms with Gasteiger partial charge in [0.1, 0.15) is 17.2 Å². The maximum atomic E-state index is 14.9. The van der Waals surface area contributed by atoms with Crippen molar-refractivity contribution in [3.05, 3.63) is 75.3 Å². The number of pyridine rings is 1. The number of aromatic nitrogens is 1. The van der Waals surface area contributed by atoms with Crippen molar-refractivity contribution in [3.63, 3.8) is 0 Å². The van der Waals surface area contributed by atoms with Crippen molar-refractivity contribution >= 4 is 40.9 Å². The van der Waals surface area contributed by atoms with Gasteiger partial charge in [0, 0.05) is 44.5 Å². The molecule has 1 aromatic heterocycles. The Kier molecular flexibility index (Phi) is 8.61. The summed E-state index contributed by atoms with van der Waals surface area (Å²) >= 11 is 0. The van der Waals surface area contributed by atoms with E-state index in [9.17, 15) is 18.8 Å². The van der Waals surface area contributed by atoms with Crippen molar-refractivity contribution in [2.24, 2.45) is 7.05 Å². The molecule has 2 heterocycles. The number of hydrogen-bond donors (Lipinski definition) is 1. The van der Waals surface area contributed by atoms with Crippen molar-refractivity contribution in [1.29, 1.82) is 0 Å². The fourth-order valence-corrected chi connectivity index (χ4v) is 4.88. The number of benzene rings is 2. The SMILES string of the molecule is CC.Cc1ccc(Nc2c(C(=O)N(C)C3CC3)c(N(C=O)c3cccc(N4CCC4)c3)c(C)c(=O)n2C)c(F)c1. The van der Waals surface area contributed by atoms with E-state index in [-0.39, 0.29) is 40.3 Å². The summed E-state index contributed by atoms with van der Waals surface area (Å²) < 4.78 is 16.2. The van der Waals surface area contributed by atoms with E-state index < -0.39 is 11.4 Å². The Morgan fingerprint density at radius 2 is 1.80 bits per heavy atom. The van der Waals surface area contributed by atoms with E-state index in [1.54, 1.807) is 44.0 Å². The van der Waals surface area contributed by atoms with Gasteiger partial charge in [0.15, 0.2) is 0 Å². The molecule has 8 nitrogen and oxygen atoms in total. The monoisotopic (exact) mass is 547 g/mol. The van der Waals surface area contributed by atoms with E-state index in [1.165, 1.54) is 22.6 Å². The molecule has 0 unspecified atom stereocenters. The number of nitrogens with zero attached hydrogens (tertiary/aromatic N) is 4. The quantitative estimate of drug-likeness (QED) is 0.369. The minimum atomic E-state index is -0.511. The highest BCUT2D eigenvalue weighted by molar-refractivity contribution is 6.09. The van der Waals surface area contributed by atoms with Gasteiger partial charge >= 0.3 is 0 Å². The zero-order valence-electron chi connectivity index (χ0n) is 24.1. The molecule has 212 valence electrons. The largest absolute Gasteiger partial charge is 0.371 e. The molecule has 0 atom stereocenters. The van der Waals surface area contributed by atoms with Gasteiger partial charge in [-0.3, -0.25) is 23.9 Å². The molecule has 40 heavy (non-hydrogen) atoms. The Bertz CT molecular complexity index is 1480. The lowest BCUT2D eigenvalue weighted by atomic mass is 10.0. The number of amides is 2. The number of nitrogens with one attached hydrogen (secondary N) is 1. The van der Waals surface area contributed by atoms with Crippen LogP contribution < -0.4 is 20.7 Å². The second kappa shape index (κ2) is 11.9. The van der Waals surface area contributed by atoms with Crippen molar-refractivity contribution in [2.75, 3.05) is 35.3 Å². The molecule has 3 aromatic rings. The molecular formula is C31H38FN5O3. The Labute approximate surface area is 235 Å². The lowest BCUT2D eigenvalue weighted by Crippen LogP contribution is -2.37. The number of carbonyl (C=O) groups is 2. The molecule has 0 spiro atoms. The first-order valence-electron chi connectivity index (χ1n) is 13.8. The summed E-state index contributed by atoms with van der Waals surface area (Å²) in [6.45, 7) is 9.25. The smallest absolute Gasteiger partial charge is 0.259 e. The van der Waals surface area contributed by atoms with Crippen molar-refractivity contribution in [1.82, 2.24) is 9.47 Å². The Morgan fingerprint density at radius 1 is 1.10 bits per heavy atom. The molecular weight excluding hydrogens is 509 g/mol. The third kappa shape index (κ3) is 5.46. The third-order valence-corrected chi connectivity index (χ3v) is 7.47. The molecule has 0 radical (unpaired) electrons. The van der Waals surface area contributed by atoms with Crippen molar-refractivity contribution < 1.29 is 14.0 Å². The van der Waals surface area contributed by atoms with Crippen LogP contribution in [-0.4, -0.2) is 48.0 Å². The van der Waals surface area contributed by atoms with E-state index in [0.29, 0.717) is 12.1 Å². The Hall–Kier alpha value is -4.14. The molecule has 2 fully saturated rings. The number of halogens is 1. The van der Waals surface area contributed by atoms with Gasteiger partial charge in [0.25, 0.3) is 11.5 Å². The maximum absolute atomic E-state index is 14.9. The summed E-state index contributed by atoms with van der Waals surface area (Å²) in [6.07, 6.45) is 3.49. The molecule has 2 aromatic carbocycles. The molecule has 1 saturated heterocycles. The van der Waals surface area contributed by atoms with E-state index in [0.717, 1.165) is 43.6 Å². The fraction of sp³-hybridized carbons (Fsp3) is 0.387. The molecule has 1 aliphatic heterocycles. The van der Waals surface area contributed by atoms with Gasteiger partial charge in [-0.05, 0) is 69.0 Å². The van der Waals surface area contributed by atoms with Gasteiger partial charge < -0.3 is 15.1 Å². The molecule has 9 heteroatoms. The van der Waals surface area contributed by atoms with E-state index >= 15 is 0 Å². The van der Waals surface area contributed by atoms with Crippen LogP contribution in [0.1, 0.15) is 54.6 Å². The van der Waals surface area contributed by atoms with Crippen LogP contribution in [0.4, 0.5) is 33.0 Å². The van der Waals surface area contributed by atoms with Gasteiger partial charge in [0.2, 0.25) is 6.41 Å². The van der Waals surface area contributed by atoms with Gasteiger partial charge in [-0.25, -0.2) is 4.39 Å². The topological polar surface area (TPSA) is 77.9 Å². The van der Waals surface area contributed by atoms with E-state index in [4.69, 9.17) is 0 Å². The normalized spacial score (nSPS) is 14.0. The van der Waals surface area contributed by atoms with E-state index in [2.05, 4.69) is 10.2 Å². The molecule has 5 rings (SSSR count). The van der Waals surface area contributed by atoms with Crippen molar-refractivity contribution in [3.8, 4) is 0 Å². The standard InChI is InChI=1S/C29H32FN5O3.C2H6/c1-18-9-12-24(23(30)15-18)31-27-25(29(38)32(3)20-10-11-20)26(19(2)28(37)33(27)4)35(17-36)22-8-5-7-21(16-22)34-13-6-14-34;1-2/h5,7-9,12,15-17,20,31H,6,10-11,13-14H2,1-4H3;1-2H3. The van der Waals surface area contributed by atoms with Crippen LogP contribution in [-0.2, 0) is 11.8 Å². The number of aryl methyl sites for hydroxylation is 1. The number of hydrogen-bond acceptors (Lipinski definition) is 5. The van der Waals surface area contributed by atoms with E-state index in [1.807, 2.05) is 32.0 Å². The van der Waals surface area contributed by atoms with Gasteiger partial charge in [-0.15, -0.1) is 0 Å². The van der Waals surface area contributed by atoms with Crippen LogP contribution in [0.2, 0.25) is 0 Å². The molecule has 0 bridgehead atoms. The van der Waals surface area contributed by atoms with Crippen LogP contribution in [0.3, 0.4) is 0 Å². The summed E-state index contributed by atoms with van der Waals surface area (Å²) in [7, 11) is 3.26. The number of anilines is 5. The summed E-state index contributed by atoms with van der Waals surface area (Å²) in [5.41, 5.74) is 2.55. The molecule has 2 amide bonds. The van der Waals surface area contributed by atoms with Crippen molar-refractivity contribution in [2.45, 2.75) is 53.0 Å². The maximum Gasteiger partial charge on any atom is 0.259 e. The first-order chi connectivity index (χ1) is 19.2. The second-order valence-electron chi connectivity index (χ2n) is 10.2. The van der Waals surface area contributed by atoms with Crippen LogP contribution >= 0.6 is 0 Å². The molecule has 1 aliphatic carbocycles. The minimum Gasteiger partial charge on any atom is -0.371 e. The van der Waals surface area contributed by atoms with Crippen LogP contribution in [0.5, 0.6) is 0 Å². The summed E-state index contributed by atoms with van der Waals surface area (Å²) in [5, 5.41) is 3.01. The van der Waals surface area contributed by atoms with Gasteiger partial charge in [-0.2, -0.15) is 0 Å². The summed E-state index contributed by atoms with van der Waals surface area (Å²) in [6, 6.07) is 12.3. The third-order valence-electron chi connectivity index (χ3n) is 7.47. The zero-order valence-corrected chi connectivity index (χ0v) is 24.1. The van der Waals surface area contributed by atoms with Crippen LogP contribution in [0, 0.1) is 19.7 Å². The molecule has 1 N–H and O–H groups in total. The number of rotatable bonds is 8. The van der Waals surface area contributed by atoms with Gasteiger partial charge in [0.05, 0.1) is 17.1 Å². The summed E-state index contributed by atoms with van der Waals surface area (Å²) in [5.74, 6) is -0.730. The average Bonchev–Trinajstić information content (AvgIpc) is 3.77. The predicted molar refractivity (Wildman–Crippen MR) is 159 cm³/mol. The fourth-order valence-electron chi connectivity index (χ4n) is 4.88. The second-order valence-corrected chi connectivity index (χ2v) is 10.2. The Morgan fingerprint density at radius 3 is 2.38 bits per heavy atom. The highest BCUT2D eigenvalue weighted by Crippen LogP contribution is 2.38. The van der Waals surface area contributed by atoms with Crippen LogP contribution in [0.25, 0.3) is 0 Å². The molecule has 2 aliphatic rings. The van der Waals surface area contributed by atoms with Crippen LogP contribution in [0.15, 0.2) is 47.3 Å². The molecule has 1 saturated carbocycles. The Balaban J connectivity index is 0.00000181. The first kappa shape index (κ1) is 28.9. The predicted octanol–water partition coefficient (Wildman–Crippen LogP) is 5.65. The first-order valence-corrected chi connectivity index (χ1v) is 13.8. The van der Waals surface area contributed by atoms with Gasteiger partial charge in [-0.1, -0.05) is 26.0 Å².